The van der Waals surface area contributed by atoms with E-state index in [0.717, 1.165) is 36.9 Å². The molecule has 0 radical (unpaired) electrons. The van der Waals surface area contributed by atoms with E-state index in [2.05, 4.69) is 28.2 Å². The molecule has 2 aromatic rings. The molecule has 120 valence electrons. The second-order valence-corrected chi connectivity index (χ2v) is 6.33. The standard InChI is InChI=1S/C17H21N5O/c1-11-10-15(20-19-11)18-17(23)16-13-8-5-9-14(13)22(21-16)12-6-3-2-4-7-12/h2-4,6-7,11,15,19-20H,5,8-10H2,1H3,(H,18,23). The van der Waals surface area contributed by atoms with Crippen LogP contribution in [0.15, 0.2) is 30.3 Å². The minimum Gasteiger partial charge on any atom is -0.334 e. The number of hydrogen-bond donors (Lipinski definition) is 3. The quantitative estimate of drug-likeness (QED) is 0.799. The van der Waals surface area contributed by atoms with E-state index < -0.39 is 0 Å². The lowest BCUT2D eigenvalue weighted by Gasteiger charge is -2.11. The van der Waals surface area contributed by atoms with Crippen molar-refractivity contribution in [3.8, 4) is 5.69 Å². The number of nitrogens with zero attached hydrogens (tertiary/aromatic N) is 2. The van der Waals surface area contributed by atoms with Crippen molar-refractivity contribution in [1.29, 1.82) is 0 Å². The summed E-state index contributed by atoms with van der Waals surface area (Å²) in [6.07, 6.45) is 3.81. The maximum Gasteiger partial charge on any atom is 0.273 e. The molecule has 1 aliphatic carbocycles. The van der Waals surface area contributed by atoms with Crippen LogP contribution in [0.4, 0.5) is 0 Å². The van der Waals surface area contributed by atoms with E-state index in [4.69, 9.17) is 0 Å². The first-order chi connectivity index (χ1) is 11.2. The molecule has 1 aromatic carbocycles. The maximum atomic E-state index is 12.7. The van der Waals surface area contributed by atoms with Crippen molar-refractivity contribution >= 4 is 5.91 Å². The summed E-state index contributed by atoms with van der Waals surface area (Å²) in [6.45, 7) is 2.08. The van der Waals surface area contributed by atoms with Gasteiger partial charge in [0.2, 0.25) is 0 Å². The Hall–Kier alpha value is -2.18. The molecule has 0 bridgehead atoms. The molecule has 6 heteroatoms. The summed E-state index contributed by atoms with van der Waals surface area (Å²) < 4.78 is 1.93. The Bertz CT molecular complexity index is 724. The predicted octanol–water partition coefficient (Wildman–Crippen LogP) is 1.30. The number of aromatic nitrogens is 2. The Morgan fingerprint density at radius 1 is 1.26 bits per heavy atom. The van der Waals surface area contributed by atoms with E-state index >= 15 is 0 Å². The van der Waals surface area contributed by atoms with Gasteiger partial charge in [-0.3, -0.25) is 10.2 Å². The summed E-state index contributed by atoms with van der Waals surface area (Å²) in [5, 5.41) is 7.65. The van der Waals surface area contributed by atoms with Crippen molar-refractivity contribution in [3.63, 3.8) is 0 Å². The number of carbonyl (C=O) groups is 1. The first-order valence-electron chi connectivity index (χ1n) is 8.20. The van der Waals surface area contributed by atoms with E-state index in [0.29, 0.717) is 11.7 Å². The smallest absolute Gasteiger partial charge is 0.273 e. The molecule has 1 aromatic heterocycles. The summed E-state index contributed by atoms with van der Waals surface area (Å²) >= 11 is 0. The molecule has 0 saturated carbocycles. The van der Waals surface area contributed by atoms with Crippen molar-refractivity contribution in [1.82, 2.24) is 25.9 Å². The van der Waals surface area contributed by atoms with Crippen molar-refractivity contribution in [3.05, 3.63) is 47.3 Å². The zero-order chi connectivity index (χ0) is 15.8. The van der Waals surface area contributed by atoms with Gasteiger partial charge in [0, 0.05) is 17.3 Å². The van der Waals surface area contributed by atoms with Gasteiger partial charge in [-0.15, -0.1) is 0 Å². The fourth-order valence-electron chi connectivity index (χ4n) is 3.44. The molecule has 23 heavy (non-hydrogen) atoms. The number of fused-ring (bicyclic) bond motifs is 1. The zero-order valence-corrected chi connectivity index (χ0v) is 13.2. The van der Waals surface area contributed by atoms with Crippen LogP contribution >= 0.6 is 0 Å². The highest BCUT2D eigenvalue weighted by Crippen LogP contribution is 2.27. The molecule has 2 aliphatic rings. The number of nitrogens with one attached hydrogen (secondary N) is 3. The molecule has 1 saturated heterocycles. The van der Waals surface area contributed by atoms with Crippen LogP contribution in [0, 0.1) is 0 Å². The molecule has 1 aliphatic heterocycles. The van der Waals surface area contributed by atoms with Crippen LogP contribution in [0.25, 0.3) is 5.69 Å². The van der Waals surface area contributed by atoms with Crippen LogP contribution < -0.4 is 16.2 Å². The molecular formula is C17H21N5O. The third-order valence-electron chi connectivity index (χ3n) is 4.54. The minimum absolute atomic E-state index is 0.0450. The summed E-state index contributed by atoms with van der Waals surface area (Å²) in [7, 11) is 0. The number of rotatable bonds is 3. The number of hydrogen-bond acceptors (Lipinski definition) is 4. The van der Waals surface area contributed by atoms with E-state index in [9.17, 15) is 4.79 Å². The predicted molar refractivity (Wildman–Crippen MR) is 87.2 cm³/mol. The summed E-state index contributed by atoms with van der Waals surface area (Å²) in [6, 6.07) is 10.4. The Balaban J connectivity index is 1.63. The molecule has 1 amide bonds. The Morgan fingerprint density at radius 3 is 2.83 bits per heavy atom. The molecule has 3 N–H and O–H groups in total. The van der Waals surface area contributed by atoms with Crippen LogP contribution in [0.1, 0.15) is 41.5 Å². The minimum atomic E-state index is -0.0915. The average Bonchev–Trinajstić information content (AvgIpc) is 3.24. The first kappa shape index (κ1) is 14.4. The Kier molecular flexibility index (Phi) is 3.63. The number of hydrazine groups is 1. The van der Waals surface area contributed by atoms with Gasteiger partial charge in [0.05, 0.1) is 11.9 Å². The lowest BCUT2D eigenvalue weighted by Crippen LogP contribution is -2.44. The highest BCUT2D eigenvalue weighted by molar-refractivity contribution is 5.94. The van der Waals surface area contributed by atoms with Gasteiger partial charge in [0.1, 0.15) is 0 Å². The number of para-hydroxylation sites is 1. The third-order valence-corrected chi connectivity index (χ3v) is 4.54. The van der Waals surface area contributed by atoms with Gasteiger partial charge in [-0.05, 0) is 44.7 Å². The molecule has 0 spiro atoms. The number of carbonyl (C=O) groups excluding carboxylic acids is 1. The van der Waals surface area contributed by atoms with Crippen molar-refractivity contribution < 1.29 is 4.79 Å². The molecule has 2 atom stereocenters. The summed E-state index contributed by atoms with van der Waals surface area (Å²) in [5.41, 5.74) is 10.1. The van der Waals surface area contributed by atoms with Crippen LogP contribution in [0.2, 0.25) is 0 Å². The normalized spacial score (nSPS) is 23.0. The first-order valence-corrected chi connectivity index (χ1v) is 8.20. The second-order valence-electron chi connectivity index (χ2n) is 6.33. The van der Waals surface area contributed by atoms with E-state index in [1.165, 1.54) is 5.69 Å². The van der Waals surface area contributed by atoms with Crippen LogP contribution in [0.5, 0.6) is 0 Å². The van der Waals surface area contributed by atoms with Gasteiger partial charge in [0.25, 0.3) is 5.91 Å². The summed E-state index contributed by atoms with van der Waals surface area (Å²) in [5.74, 6) is -0.0915. The fourth-order valence-corrected chi connectivity index (χ4v) is 3.44. The third kappa shape index (κ3) is 2.64. The largest absolute Gasteiger partial charge is 0.334 e. The second kappa shape index (κ2) is 5.79. The van der Waals surface area contributed by atoms with Crippen molar-refractivity contribution in [2.24, 2.45) is 0 Å². The number of benzene rings is 1. The maximum absolute atomic E-state index is 12.7. The Labute approximate surface area is 135 Å². The van der Waals surface area contributed by atoms with Crippen LogP contribution in [-0.4, -0.2) is 27.9 Å². The molecule has 2 heterocycles. The van der Waals surface area contributed by atoms with Gasteiger partial charge in [-0.1, -0.05) is 18.2 Å². The van der Waals surface area contributed by atoms with Gasteiger partial charge in [-0.2, -0.15) is 5.10 Å². The molecule has 4 rings (SSSR count). The van der Waals surface area contributed by atoms with E-state index in [1.807, 2.05) is 35.0 Å². The van der Waals surface area contributed by atoms with Gasteiger partial charge in [0.15, 0.2) is 5.69 Å². The van der Waals surface area contributed by atoms with Gasteiger partial charge >= 0.3 is 0 Å². The topological polar surface area (TPSA) is 71.0 Å². The van der Waals surface area contributed by atoms with Crippen LogP contribution in [0.3, 0.4) is 0 Å². The van der Waals surface area contributed by atoms with Gasteiger partial charge in [-0.25, -0.2) is 10.1 Å². The number of amides is 1. The van der Waals surface area contributed by atoms with Crippen LogP contribution in [-0.2, 0) is 12.8 Å². The highest BCUT2D eigenvalue weighted by atomic mass is 16.2. The average molecular weight is 311 g/mol. The zero-order valence-electron chi connectivity index (χ0n) is 13.2. The molecule has 1 fully saturated rings. The van der Waals surface area contributed by atoms with Crippen molar-refractivity contribution in [2.75, 3.05) is 0 Å². The lowest BCUT2D eigenvalue weighted by atomic mass is 10.2. The van der Waals surface area contributed by atoms with Gasteiger partial charge < -0.3 is 5.32 Å². The van der Waals surface area contributed by atoms with E-state index in [1.54, 1.807) is 0 Å². The molecule has 2 unspecified atom stereocenters. The highest BCUT2D eigenvalue weighted by Gasteiger charge is 2.29. The molecular weight excluding hydrogens is 290 g/mol. The summed E-state index contributed by atoms with van der Waals surface area (Å²) in [4.78, 5) is 12.7. The fraction of sp³-hybridized carbons (Fsp3) is 0.412. The SMILES string of the molecule is CC1CC(NC(=O)c2nn(-c3ccccc3)c3c2CCC3)NN1. The Morgan fingerprint density at radius 2 is 2.09 bits per heavy atom. The lowest BCUT2D eigenvalue weighted by molar-refractivity contribution is 0.0926. The molecule has 6 nitrogen and oxygen atoms in total. The monoisotopic (exact) mass is 311 g/mol. The van der Waals surface area contributed by atoms with E-state index in [-0.39, 0.29) is 12.1 Å². The van der Waals surface area contributed by atoms with Crippen molar-refractivity contribution in [2.45, 2.75) is 44.8 Å².